The van der Waals surface area contributed by atoms with Crippen LogP contribution in [0.15, 0.2) is 51.7 Å². The second-order valence-electron chi connectivity index (χ2n) is 5.53. The van der Waals surface area contributed by atoms with E-state index >= 15 is 0 Å². The summed E-state index contributed by atoms with van der Waals surface area (Å²) in [5, 5.41) is 12.0. The molecule has 0 spiro atoms. The second kappa shape index (κ2) is 6.81. The van der Waals surface area contributed by atoms with E-state index in [9.17, 15) is 4.79 Å². The molecule has 1 aromatic carbocycles. The number of thiophene rings is 1. The maximum absolute atomic E-state index is 12.1. The number of aromatic amines is 1. The van der Waals surface area contributed by atoms with Crippen LogP contribution in [0.4, 0.5) is 0 Å². The SMILES string of the molecule is Cn1c(Cc2cccs2)nnc1SCc1nc2ccccc2c(=O)[nH]1. The Morgan fingerprint density at radius 1 is 1.20 bits per heavy atom. The highest BCUT2D eigenvalue weighted by Gasteiger charge is 2.11. The molecule has 0 bridgehead atoms. The van der Waals surface area contributed by atoms with Crippen LogP contribution in [0, 0.1) is 0 Å². The summed E-state index contributed by atoms with van der Waals surface area (Å²) < 4.78 is 1.99. The number of fused-ring (bicyclic) bond motifs is 1. The molecule has 0 fully saturated rings. The first-order valence-corrected chi connectivity index (χ1v) is 9.58. The molecule has 4 rings (SSSR count). The Morgan fingerprint density at radius 3 is 2.92 bits per heavy atom. The number of benzene rings is 1. The molecule has 126 valence electrons. The van der Waals surface area contributed by atoms with Crippen LogP contribution in [-0.4, -0.2) is 24.7 Å². The highest BCUT2D eigenvalue weighted by atomic mass is 32.2. The van der Waals surface area contributed by atoms with E-state index in [1.807, 2.05) is 35.9 Å². The number of rotatable bonds is 5. The maximum Gasteiger partial charge on any atom is 0.258 e. The third-order valence-corrected chi connectivity index (χ3v) is 5.75. The molecule has 0 saturated heterocycles. The lowest BCUT2D eigenvalue weighted by Gasteiger charge is -2.04. The van der Waals surface area contributed by atoms with Crippen molar-refractivity contribution in [3.05, 3.63) is 68.7 Å². The number of para-hydroxylation sites is 1. The molecule has 0 aliphatic heterocycles. The topological polar surface area (TPSA) is 76.5 Å². The van der Waals surface area contributed by atoms with E-state index < -0.39 is 0 Å². The zero-order chi connectivity index (χ0) is 17.2. The lowest BCUT2D eigenvalue weighted by molar-refractivity contribution is 0.750. The largest absolute Gasteiger partial charge is 0.309 e. The molecule has 0 unspecified atom stereocenters. The highest BCUT2D eigenvalue weighted by Crippen LogP contribution is 2.21. The van der Waals surface area contributed by atoms with Crippen molar-refractivity contribution in [2.45, 2.75) is 17.3 Å². The van der Waals surface area contributed by atoms with Gasteiger partial charge in [-0.05, 0) is 23.6 Å². The summed E-state index contributed by atoms with van der Waals surface area (Å²) >= 11 is 3.22. The monoisotopic (exact) mass is 369 g/mol. The summed E-state index contributed by atoms with van der Waals surface area (Å²) in [6.07, 6.45) is 0.771. The van der Waals surface area contributed by atoms with Crippen LogP contribution < -0.4 is 5.56 Å². The fourth-order valence-electron chi connectivity index (χ4n) is 2.53. The summed E-state index contributed by atoms with van der Waals surface area (Å²) in [5.41, 5.74) is 0.593. The van der Waals surface area contributed by atoms with Crippen LogP contribution in [0.5, 0.6) is 0 Å². The Kier molecular flexibility index (Phi) is 4.37. The predicted molar refractivity (Wildman–Crippen MR) is 100 cm³/mol. The number of aromatic nitrogens is 5. The molecule has 4 aromatic rings. The molecule has 1 N–H and O–H groups in total. The van der Waals surface area contributed by atoms with Crippen molar-refractivity contribution in [1.82, 2.24) is 24.7 Å². The minimum absolute atomic E-state index is 0.113. The van der Waals surface area contributed by atoms with E-state index in [4.69, 9.17) is 0 Å². The molecule has 8 heteroatoms. The Bertz CT molecular complexity index is 1070. The smallest absolute Gasteiger partial charge is 0.258 e. The summed E-state index contributed by atoms with van der Waals surface area (Å²) in [5.74, 6) is 2.09. The fourth-order valence-corrected chi connectivity index (χ4v) is 4.03. The van der Waals surface area contributed by atoms with Crippen LogP contribution >= 0.6 is 23.1 Å². The Balaban J connectivity index is 1.52. The zero-order valence-electron chi connectivity index (χ0n) is 13.5. The summed E-state index contributed by atoms with van der Waals surface area (Å²) in [6, 6.07) is 11.5. The molecule has 0 saturated carbocycles. The lowest BCUT2D eigenvalue weighted by atomic mass is 10.2. The first-order valence-electron chi connectivity index (χ1n) is 7.72. The molecule has 0 radical (unpaired) electrons. The molecule has 0 atom stereocenters. The third-order valence-electron chi connectivity index (χ3n) is 3.84. The molecular weight excluding hydrogens is 354 g/mol. The van der Waals surface area contributed by atoms with Gasteiger partial charge in [0, 0.05) is 18.3 Å². The number of nitrogens with one attached hydrogen (secondary N) is 1. The number of hydrogen-bond donors (Lipinski definition) is 1. The molecule has 6 nitrogen and oxygen atoms in total. The molecule has 3 aromatic heterocycles. The van der Waals surface area contributed by atoms with Gasteiger partial charge >= 0.3 is 0 Å². The molecule has 3 heterocycles. The third kappa shape index (κ3) is 3.35. The second-order valence-corrected chi connectivity index (χ2v) is 7.51. The van der Waals surface area contributed by atoms with Crippen molar-refractivity contribution in [2.75, 3.05) is 0 Å². The first-order chi connectivity index (χ1) is 12.2. The van der Waals surface area contributed by atoms with E-state index in [1.54, 1.807) is 17.4 Å². The molecule has 0 aliphatic rings. The van der Waals surface area contributed by atoms with Crippen LogP contribution in [0.25, 0.3) is 10.9 Å². The van der Waals surface area contributed by atoms with Crippen molar-refractivity contribution in [3.63, 3.8) is 0 Å². The van der Waals surface area contributed by atoms with Gasteiger partial charge in [-0.25, -0.2) is 4.98 Å². The van der Waals surface area contributed by atoms with Gasteiger partial charge in [-0.15, -0.1) is 21.5 Å². The van der Waals surface area contributed by atoms with E-state index in [0.717, 1.165) is 17.4 Å². The fraction of sp³-hybridized carbons (Fsp3) is 0.176. The van der Waals surface area contributed by atoms with E-state index in [0.29, 0.717) is 22.5 Å². The Hall–Kier alpha value is -2.45. The normalized spacial score (nSPS) is 11.2. The van der Waals surface area contributed by atoms with E-state index in [1.165, 1.54) is 16.6 Å². The van der Waals surface area contributed by atoms with Crippen molar-refractivity contribution < 1.29 is 0 Å². The van der Waals surface area contributed by atoms with Crippen molar-refractivity contribution >= 4 is 34.0 Å². The summed E-state index contributed by atoms with van der Waals surface area (Å²) in [4.78, 5) is 20.7. The standard InChI is InChI=1S/C17H15N5OS2/c1-22-15(9-11-5-4-8-24-11)20-21-17(22)25-10-14-18-13-7-3-2-6-12(13)16(23)19-14/h2-8H,9-10H2,1H3,(H,18,19,23). The zero-order valence-corrected chi connectivity index (χ0v) is 15.1. The van der Waals surface area contributed by atoms with Gasteiger partial charge in [0.25, 0.3) is 5.56 Å². The van der Waals surface area contributed by atoms with Gasteiger partial charge < -0.3 is 9.55 Å². The van der Waals surface area contributed by atoms with Gasteiger partial charge in [0.05, 0.1) is 16.7 Å². The van der Waals surface area contributed by atoms with E-state index in [-0.39, 0.29) is 5.56 Å². The first kappa shape index (κ1) is 16.0. The van der Waals surface area contributed by atoms with E-state index in [2.05, 4.69) is 31.6 Å². The predicted octanol–water partition coefficient (Wildman–Crippen LogP) is 3.00. The Morgan fingerprint density at radius 2 is 2.08 bits per heavy atom. The number of thioether (sulfide) groups is 1. The quantitative estimate of drug-likeness (QED) is 0.547. The highest BCUT2D eigenvalue weighted by molar-refractivity contribution is 7.98. The van der Waals surface area contributed by atoms with Crippen LogP contribution in [0.2, 0.25) is 0 Å². The van der Waals surface area contributed by atoms with Gasteiger partial charge in [0.2, 0.25) is 0 Å². The molecule has 25 heavy (non-hydrogen) atoms. The lowest BCUT2D eigenvalue weighted by Crippen LogP contribution is -2.11. The van der Waals surface area contributed by atoms with Gasteiger partial charge in [-0.2, -0.15) is 0 Å². The summed E-state index contributed by atoms with van der Waals surface area (Å²) in [7, 11) is 1.96. The van der Waals surface area contributed by atoms with Gasteiger partial charge in [0.15, 0.2) is 5.16 Å². The molecule has 0 aliphatic carbocycles. The van der Waals surface area contributed by atoms with Gasteiger partial charge in [-0.3, -0.25) is 4.79 Å². The van der Waals surface area contributed by atoms with Crippen LogP contribution in [0.3, 0.4) is 0 Å². The average Bonchev–Trinajstić information content (AvgIpc) is 3.25. The Labute approximate surface area is 152 Å². The minimum Gasteiger partial charge on any atom is -0.309 e. The van der Waals surface area contributed by atoms with Crippen LogP contribution in [0.1, 0.15) is 16.5 Å². The van der Waals surface area contributed by atoms with Gasteiger partial charge in [0.1, 0.15) is 11.6 Å². The number of nitrogens with zero attached hydrogens (tertiary/aromatic N) is 4. The number of hydrogen-bond acceptors (Lipinski definition) is 6. The summed E-state index contributed by atoms with van der Waals surface area (Å²) in [6.45, 7) is 0. The molecule has 0 amide bonds. The van der Waals surface area contributed by atoms with Crippen molar-refractivity contribution in [3.8, 4) is 0 Å². The molecular formula is C17H15N5OS2. The van der Waals surface area contributed by atoms with Crippen molar-refractivity contribution in [2.24, 2.45) is 7.05 Å². The van der Waals surface area contributed by atoms with Gasteiger partial charge in [-0.1, -0.05) is 30.0 Å². The number of H-pyrrole nitrogens is 1. The van der Waals surface area contributed by atoms with Crippen molar-refractivity contribution in [1.29, 1.82) is 0 Å². The van der Waals surface area contributed by atoms with Crippen LogP contribution in [-0.2, 0) is 19.2 Å². The minimum atomic E-state index is -0.113. The average molecular weight is 369 g/mol. The maximum atomic E-state index is 12.1.